The lowest BCUT2D eigenvalue weighted by Crippen LogP contribution is -2.25. The third-order valence-corrected chi connectivity index (χ3v) is 5.21. The number of nitriles is 1. The van der Waals surface area contributed by atoms with E-state index in [4.69, 9.17) is 4.74 Å². The number of nitrogens with one attached hydrogen (secondary N) is 1. The largest absolute Gasteiger partial charge is 0.488 e. The fourth-order valence-corrected chi connectivity index (χ4v) is 3.42. The summed E-state index contributed by atoms with van der Waals surface area (Å²) in [6.45, 7) is 0.704. The minimum Gasteiger partial charge on any atom is -0.488 e. The Balaban J connectivity index is 1.64. The Hall–Kier alpha value is -3.43. The van der Waals surface area contributed by atoms with Gasteiger partial charge in [0.1, 0.15) is 29.8 Å². The topological polar surface area (TPSA) is 62.1 Å². The first-order chi connectivity index (χ1) is 15.5. The molecule has 0 saturated heterocycles. The fourth-order valence-electron chi connectivity index (χ4n) is 3.04. The number of hydrogen-bond acceptors (Lipinski definition) is 3. The van der Waals surface area contributed by atoms with E-state index in [-0.39, 0.29) is 18.0 Å². The van der Waals surface area contributed by atoms with E-state index < -0.39 is 5.91 Å². The van der Waals surface area contributed by atoms with Gasteiger partial charge in [0.25, 0.3) is 5.91 Å². The van der Waals surface area contributed by atoms with Gasteiger partial charge in [-0.3, -0.25) is 4.79 Å². The van der Waals surface area contributed by atoms with Crippen LogP contribution < -0.4 is 10.1 Å². The van der Waals surface area contributed by atoms with Crippen molar-refractivity contribution in [2.45, 2.75) is 19.4 Å². The predicted molar refractivity (Wildman–Crippen MR) is 126 cm³/mol. The van der Waals surface area contributed by atoms with Crippen LogP contribution in [0.5, 0.6) is 5.75 Å². The number of benzene rings is 3. The highest BCUT2D eigenvalue weighted by Gasteiger charge is 2.11. The molecule has 6 heteroatoms. The van der Waals surface area contributed by atoms with Gasteiger partial charge in [0.15, 0.2) is 0 Å². The molecule has 0 heterocycles. The molecule has 0 bridgehead atoms. The fraction of sp³-hybridized carbons (Fsp3) is 0.154. The summed E-state index contributed by atoms with van der Waals surface area (Å²) in [6.07, 6.45) is 3.13. The van der Waals surface area contributed by atoms with E-state index in [2.05, 4.69) is 21.2 Å². The number of nitrogens with zero attached hydrogens (tertiary/aromatic N) is 1. The number of amides is 1. The number of carbonyl (C=O) groups excluding carboxylic acids is 1. The Morgan fingerprint density at radius 3 is 2.53 bits per heavy atom. The Morgan fingerprint density at radius 2 is 1.81 bits per heavy atom. The first-order valence-corrected chi connectivity index (χ1v) is 10.9. The molecule has 0 fully saturated rings. The SMILES string of the molecule is N#C/C(=C/c1cc(Br)ccc1OCc1ccc(F)cc1)C(=O)NCCCc1ccccc1. The molecule has 0 aliphatic carbocycles. The molecular weight excluding hydrogens is 471 g/mol. The predicted octanol–water partition coefficient (Wildman–Crippen LogP) is 5.82. The van der Waals surface area contributed by atoms with E-state index in [1.165, 1.54) is 23.8 Å². The van der Waals surface area contributed by atoms with Crippen LogP contribution in [0.3, 0.4) is 0 Å². The zero-order chi connectivity index (χ0) is 22.8. The Morgan fingerprint density at radius 1 is 1.06 bits per heavy atom. The van der Waals surface area contributed by atoms with E-state index in [0.717, 1.165) is 22.9 Å². The van der Waals surface area contributed by atoms with Crippen molar-refractivity contribution in [2.24, 2.45) is 0 Å². The summed E-state index contributed by atoms with van der Waals surface area (Å²) >= 11 is 3.41. The minimum atomic E-state index is -0.426. The quantitative estimate of drug-likeness (QED) is 0.232. The monoisotopic (exact) mass is 492 g/mol. The van der Waals surface area contributed by atoms with Crippen LogP contribution in [-0.2, 0) is 17.8 Å². The highest BCUT2D eigenvalue weighted by atomic mass is 79.9. The zero-order valence-corrected chi connectivity index (χ0v) is 18.9. The highest BCUT2D eigenvalue weighted by molar-refractivity contribution is 9.10. The van der Waals surface area contributed by atoms with Crippen molar-refractivity contribution in [3.8, 4) is 11.8 Å². The molecular formula is C26H22BrFN2O2. The zero-order valence-electron chi connectivity index (χ0n) is 17.4. The first-order valence-electron chi connectivity index (χ1n) is 10.2. The second-order valence-electron chi connectivity index (χ2n) is 7.11. The molecule has 3 aromatic carbocycles. The van der Waals surface area contributed by atoms with Crippen LogP contribution in [0.4, 0.5) is 4.39 Å². The summed E-state index contributed by atoms with van der Waals surface area (Å²) < 4.78 is 19.7. The Kier molecular flexibility index (Phi) is 8.59. The minimum absolute atomic E-state index is 0.00515. The number of rotatable bonds is 9. The van der Waals surface area contributed by atoms with E-state index in [9.17, 15) is 14.4 Å². The third-order valence-electron chi connectivity index (χ3n) is 4.71. The van der Waals surface area contributed by atoms with Crippen molar-refractivity contribution in [1.29, 1.82) is 5.26 Å². The molecule has 0 radical (unpaired) electrons. The molecule has 32 heavy (non-hydrogen) atoms. The molecule has 162 valence electrons. The van der Waals surface area contributed by atoms with Crippen molar-refractivity contribution in [3.05, 3.63) is 105 Å². The molecule has 0 aromatic heterocycles. The first kappa shape index (κ1) is 23.2. The maximum absolute atomic E-state index is 13.1. The van der Waals surface area contributed by atoms with Gasteiger partial charge in [0.05, 0.1) is 0 Å². The number of hydrogen-bond donors (Lipinski definition) is 1. The van der Waals surface area contributed by atoms with Gasteiger partial charge in [-0.25, -0.2) is 4.39 Å². The standard InChI is InChI=1S/C26H22BrFN2O2/c27-23-10-13-25(32-18-20-8-11-24(28)12-9-20)21(16-23)15-22(17-29)26(31)30-14-4-7-19-5-2-1-3-6-19/h1-3,5-6,8-13,15-16H,4,7,14,18H2,(H,30,31)/b22-15-. The second kappa shape index (κ2) is 11.8. The van der Waals surface area contributed by atoms with E-state index in [1.807, 2.05) is 42.5 Å². The molecule has 1 amide bonds. The average Bonchev–Trinajstić information content (AvgIpc) is 2.81. The third kappa shape index (κ3) is 7.07. The van der Waals surface area contributed by atoms with Gasteiger partial charge in [0, 0.05) is 16.6 Å². The molecule has 0 aliphatic heterocycles. The van der Waals surface area contributed by atoms with Crippen molar-refractivity contribution >= 4 is 27.9 Å². The van der Waals surface area contributed by atoms with Crippen molar-refractivity contribution in [1.82, 2.24) is 5.32 Å². The molecule has 3 aromatic rings. The van der Waals surface area contributed by atoms with Gasteiger partial charge in [0.2, 0.25) is 0 Å². The molecule has 0 aliphatic rings. The number of aryl methyl sites for hydroxylation is 1. The smallest absolute Gasteiger partial charge is 0.261 e. The Labute approximate surface area is 195 Å². The van der Waals surface area contributed by atoms with Crippen LogP contribution >= 0.6 is 15.9 Å². The lowest BCUT2D eigenvalue weighted by atomic mass is 10.1. The Bertz CT molecular complexity index is 1120. The highest BCUT2D eigenvalue weighted by Crippen LogP contribution is 2.26. The van der Waals surface area contributed by atoms with E-state index in [1.54, 1.807) is 24.3 Å². The number of carbonyl (C=O) groups is 1. The lowest BCUT2D eigenvalue weighted by molar-refractivity contribution is -0.117. The molecule has 0 atom stereocenters. The van der Waals surface area contributed by atoms with Gasteiger partial charge < -0.3 is 10.1 Å². The summed E-state index contributed by atoms with van der Waals surface area (Å²) in [5.41, 5.74) is 2.60. The maximum atomic E-state index is 13.1. The summed E-state index contributed by atoms with van der Waals surface area (Å²) in [5, 5.41) is 12.3. The summed E-state index contributed by atoms with van der Waals surface area (Å²) in [7, 11) is 0. The van der Waals surface area contributed by atoms with Crippen LogP contribution in [0.25, 0.3) is 6.08 Å². The van der Waals surface area contributed by atoms with Gasteiger partial charge in [-0.1, -0.05) is 58.4 Å². The van der Waals surface area contributed by atoms with Crippen LogP contribution in [0.15, 0.2) is 82.8 Å². The van der Waals surface area contributed by atoms with Gasteiger partial charge >= 0.3 is 0 Å². The lowest BCUT2D eigenvalue weighted by Gasteiger charge is -2.11. The molecule has 1 N–H and O–H groups in total. The molecule has 3 rings (SSSR count). The van der Waals surface area contributed by atoms with Crippen LogP contribution in [-0.4, -0.2) is 12.5 Å². The molecule has 0 spiro atoms. The van der Waals surface area contributed by atoms with Crippen molar-refractivity contribution < 1.29 is 13.9 Å². The van der Waals surface area contributed by atoms with Crippen LogP contribution in [0, 0.1) is 17.1 Å². The molecule has 4 nitrogen and oxygen atoms in total. The van der Waals surface area contributed by atoms with E-state index in [0.29, 0.717) is 17.9 Å². The average molecular weight is 493 g/mol. The van der Waals surface area contributed by atoms with Crippen LogP contribution in [0.1, 0.15) is 23.1 Å². The summed E-state index contributed by atoms with van der Waals surface area (Å²) in [6, 6.07) is 23.4. The molecule has 0 unspecified atom stereocenters. The summed E-state index contributed by atoms with van der Waals surface area (Å²) in [5.74, 6) is -0.221. The second-order valence-corrected chi connectivity index (χ2v) is 8.03. The van der Waals surface area contributed by atoms with Gasteiger partial charge in [-0.2, -0.15) is 5.26 Å². The number of halogens is 2. The van der Waals surface area contributed by atoms with Crippen molar-refractivity contribution in [3.63, 3.8) is 0 Å². The molecule has 0 saturated carbocycles. The van der Waals surface area contributed by atoms with E-state index >= 15 is 0 Å². The number of ether oxygens (including phenoxy) is 1. The maximum Gasteiger partial charge on any atom is 0.261 e. The normalized spacial score (nSPS) is 11.0. The van der Waals surface area contributed by atoms with Gasteiger partial charge in [-0.05, 0) is 60.4 Å². The van der Waals surface area contributed by atoms with Gasteiger partial charge in [-0.15, -0.1) is 0 Å². The van der Waals surface area contributed by atoms with Crippen molar-refractivity contribution in [2.75, 3.05) is 6.54 Å². The summed E-state index contributed by atoms with van der Waals surface area (Å²) in [4.78, 5) is 12.5. The van der Waals surface area contributed by atoms with Crippen LogP contribution in [0.2, 0.25) is 0 Å².